The molecule has 0 aliphatic rings. The Balaban J connectivity index is 1.58. The van der Waals surface area contributed by atoms with Crippen molar-refractivity contribution in [3.05, 3.63) is 107 Å². The molecule has 1 aromatic heterocycles. The number of nitrogens with zero attached hydrogens (tertiary/aromatic N) is 1. The molecular formula is C26H24N3O4S+. The molecule has 0 saturated heterocycles. The third kappa shape index (κ3) is 5.60. The number of rotatable bonds is 8. The Bertz CT molecular complexity index is 1290. The van der Waals surface area contributed by atoms with Crippen molar-refractivity contribution >= 4 is 28.8 Å². The first kappa shape index (κ1) is 23.0. The van der Waals surface area contributed by atoms with Crippen molar-refractivity contribution < 1.29 is 24.4 Å². The van der Waals surface area contributed by atoms with Crippen molar-refractivity contribution in [2.45, 2.75) is 19.0 Å². The number of aromatic nitrogens is 1. The average molecular weight is 475 g/mol. The predicted molar refractivity (Wildman–Crippen MR) is 130 cm³/mol. The van der Waals surface area contributed by atoms with Crippen LogP contribution in [-0.4, -0.2) is 28.1 Å². The van der Waals surface area contributed by atoms with Crippen LogP contribution in [0.2, 0.25) is 0 Å². The van der Waals surface area contributed by atoms with Crippen LogP contribution in [0, 0.1) is 0 Å². The zero-order chi connectivity index (χ0) is 23.9. The largest absolute Gasteiger partial charge is 0.507 e. The van der Waals surface area contributed by atoms with Crippen LogP contribution < -0.4 is 15.2 Å². The minimum Gasteiger partial charge on any atom is -0.507 e. The number of nitrogens with one attached hydrogen (secondary N) is 2. The van der Waals surface area contributed by atoms with Gasteiger partial charge < -0.3 is 20.8 Å². The van der Waals surface area contributed by atoms with Crippen LogP contribution in [0.25, 0.3) is 0 Å². The Morgan fingerprint density at radius 3 is 2.29 bits per heavy atom. The highest BCUT2D eigenvalue weighted by Gasteiger charge is 2.28. The molecule has 4 N–H and O–H groups in total. The fourth-order valence-electron chi connectivity index (χ4n) is 3.52. The zero-order valence-corrected chi connectivity index (χ0v) is 19.0. The van der Waals surface area contributed by atoms with Gasteiger partial charge in [0.2, 0.25) is 11.4 Å². The zero-order valence-electron chi connectivity index (χ0n) is 18.2. The summed E-state index contributed by atoms with van der Waals surface area (Å²) in [5, 5.41) is 27.5. The number of carbonyl (C=O) groups excluding carboxylic acids is 2. The van der Waals surface area contributed by atoms with Crippen molar-refractivity contribution in [1.82, 2.24) is 5.32 Å². The number of anilines is 1. The monoisotopic (exact) mass is 474 g/mol. The molecule has 0 spiro atoms. The number of phenols is 2. The molecule has 1 atom stereocenters. The topological polar surface area (TPSA) is 103 Å². The summed E-state index contributed by atoms with van der Waals surface area (Å²) in [6, 6.07) is 21.5. The molecule has 3 aromatic carbocycles. The fraction of sp³-hybridized carbons (Fsp3) is 0.115. The van der Waals surface area contributed by atoms with Gasteiger partial charge in [0.15, 0.2) is 12.2 Å². The number of phenolic OH excluding ortho intramolecular Hbond substituents is 2. The fourth-order valence-corrected chi connectivity index (χ4v) is 4.33. The average Bonchev–Trinajstić information content (AvgIpc) is 3.27. The van der Waals surface area contributed by atoms with Crippen LogP contribution in [0.1, 0.15) is 21.6 Å². The van der Waals surface area contributed by atoms with Crippen LogP contribution >= 0.6 is 11.3 Å². The quantitative estimate of drug-likeness (QED) is 0.232. The van der Waals surface area contributed by atoms with Gasteiger partial charge in [-0.25, -0.2) is 0 Å². The Hall–Kier alpha value is -4.17. The van der Waals surface area contributed by atoms with E-state index in [9.17, 15) is 19.8 Å². The summed E-state index contributed by atoms with van der Waals surface area (Å²) in [5.41, 5.74) is 4.26. The smallest absolute Gasteiger partial charge is 0.255 e. The number of hydrogen-bond acceptors (Lipinski definition) is 5. The second kappa shape index (κ2) is 10.6. The highest BCUT2D eigenvalue weighted by molar-refractivity contribution is 7.07. The van der Waals surface area contributed by atoms with Crippen LogP contribution in [0.4, 0.5) is 5.69 Å². The summed E-state index contributed by atoms with van der Waals surface area (Å²) < 4.78 is 2.03. The standard InChI is InChI=1S/C26H23N3O4S/c30-23-12-6-4-10-20(23)25(32)28-22(26(33)27-21-11-5-7-13-24(21)31)14-19-16-34-17-29(19)15-18-8-2-1-3-9-18/h1-13,16-17,22H,14-15H2,(H3-,27,28,30,31,32,33)/p+1/t22-/m0/s1. The maximum absolute atomic E-state index is 13.2. The SMILES string of the molecule is O=C(N[C@@H](Cc1csc[n+]1Cc1ccccc1)C(=O)Nc1ccccc1O)c1ccccc1O. The first-order valence-corrected chi connectivity index (χ1v) is 11.6. The summed E-state index contributed by atoms with van der Waals surface area (Å²) in [6.07, 6.45) is 0.217. The molecule has 0 radical (unpaired) electrons. The van der Waals surface area contributed by atoms with Crippen molar-refractivity contribution in [1.29, 1.82) is 0 Å². The second-order valence-corrected chi connectivity index (χ2v) is 8.44. The van der Waals surface area contributed by atoms with Gasteiger partial charge >= 0.3 is 0 Å². The highest BCUT2D eigenvalue weighted by atomic mass is 32.1. The van der Waals surface area contributed by atoms with Crippen LogP contribution in [0.15, 0.2) is 89.8 Å². The molecule has 1 heterocycles. The normalized spacial score (nSPS) is 11.5. The van der Waals surface area contributed by atoms with Crippen molar-refractivity contribution in [2.24, 2.45) is 0 Å². The molecule has 0 bridgehead atoms. The molecule has 0 aliphatic heterocycles. The Labute approximate surface area is 201 Å². The Morgan fingerprint density at radius 2 is 1.56 bits per heavy atom. The lowest BCUT2D eigenvalue weighted by molar-refractivity contribution is -0.690. The van der Waals surface area contributed by atoms with E-state index < -0.39 is 17.9 Å². The molecule has 4 aromatic rings. The number of amides is 2. The van der Waals surface area contributed by atoms with Gasteiger partial charge in [0.1, 0.15) is 17.5 Å². The molecular weight excluding hydrogens is 450 g/mol. The number of carbonyl (C=O) groups is 2. The van der Waals surface area contributed by atoms with E-state index in [1.54, 1.807) is 30.3 Å². The number of hydrogen-bond donors (Lipinski definition) is 4. The van der Waals surface area contributed by atoms with Gasteiger partial charge in [-0.05, 0) is 24.3 Å². The molecule has 4 rings (SSSR count). The third-order valence-electron chi connectivity index (χ3n) is 5.30. The highest BCUT2D eigenvalue weighted by Crippen LogP contribution is 2.22. The second-order valence-electron chi connectivity index (χ2n) is 7.72. The molecule has 0 aliphatic carbocycles. The van der Waals surface area contributed by atoms with Gasteiger partial charge in [0, 0.05) is 5.56 Å². The van der Waals surface area contributed by atoms with Crippen LogP contribution in [0.3, 0.4) is 0 Å². The summed E-state index contributed by atoms with van der Waals surface area (Å²) in [5.74, 6) is -1.30. The van der Waals surface area contributed by atoms with E-state index in [0.717, 1.165) is 11.3 Å². The van der Waals surface area contributed by atoms with Gasteiger partial charge in [-0.3, -0.25) is 9.59 Å². The van der Waals surface area contributed by atoms with Crippen molar-refractivity contribution in [2.75, 3.05) is 5.32 Å². The number of benzene rings is 3. The van der Waals surface area contributed by atoms with Crippen LogP contribution in [0.5, 0.6) is 11.5 Å². The molecule has 7 nitrogen and oxygen atoms in total. The molecule has 8 heteroatoms. The van der Waals surface area contributed by atoms with E-state index in [-0.39, 0.29) is 29.2 Å². The predicted octanol–water partition coefficient (Wildman–Crippen LogP) is 3.47. The summed E-state index contributed by atoms with van der Waals surface area (Å²) in [7, 11) is 0. The van der Waals surface area contributed by atoms with Crippen molar-refractivity contribution in [3.8, 4) is 11.5 Å². The summed E-state index contributed by atoms with van der Waals surface area (Å²) in [4.78, 5) is 26.1. The van der Waals surface area contributed by atoms with Gasteiger partial charge in [-0.1, -0.05) is 65.9 Å². The Kier molecular flexibility index (Phi) is 7.19. The van der Waals surface area contributed by atoms with Gasteiger partial charge in [0.05, 0.1) is 23.1 Å². The minimum absolute atomic E-state index is 0.0729. The summed E-state index contributed by atoms with van der Waals surface area (Å²) in [6.45, 7) is 0.626. The third-order valence-corrected chi connectivity index (χ3v) is 6.09. The van der Waals surface area contributed by atoms with Crippen LogP contribution in [-0.2, 0) is 17.8 Å². The Morgan fingerprint density at radius 1 is 0.882 bits per heavy atom. The maximum atomic E-state index is 13.2. The molecule has 172 valence electrons. The molecule has 0 fully saturated rings. The molecule has 0 unspecified atom stereocenters. The first-order valence-electron chi connectivity index (χ1n) is 10.7. The number of para-hydroxylation sites is 3. The summed E-state index contributed by atoms with van der Waals surface area (Å²) >= 11 is 1.50. The lowest BCUT2D eigenvalue weighted by Crippen LogP contribution is -2.48. The van der Waals surface area contributed by atoms with E-state index in [1.165, 1.54) is 29.5 Å². The number of thiazole rings is 1. The number of aromatic hydroxyl groups is 2. The minimum atomic E-state index is -0.955. The molecule has 0 saturated carbocycles. The van der Waals surface area contributed by atoms with Crippen molar-refractivity contribution in [3.63, 3.8) is 0 Å². The van der Waals surface area contributed by atoms with E-state index >= 15 is 0 Å². The van der Waals surface area contributed by atoms with Gasteiger partial charge in [0.25, 0.3) is 5.91 Å². The molecule has 2 amide bonds. The van der Waals surface area contributed by atoms with Gasteiger partial charge in [-0.2, -0.15) is 4.57 Å². The lowest BCUT2D eigenvalue weighted by atomic mass is 10.1. The van der Waals surface area contributed by atoms with E-state index in [1.807, 2.05) is 45.8 Å². The van der Waals surface area contributed by atoms with Gasteiger partial charge in [-0.15, -0.1) is 0 Å². The van der Waals surface area contributed by atoms with E-state index in [0.29, 0.717) is 6.54 Å². The first-order chi connectivity index (χ1) is 16.5. The van der Waals surface area contributed by atoms with E-state index in [4.69, 9.17) is 0 Å². The molecule has 34 heavy (non-hydrogen) atoms. The maximum Gasteiger partial charge on any atom is 0.255 e. The van der Waals surface area contributed by atoms with E-state index in [2.05, 4.69) is 10.6 Å². The lowest BCUT2D eigenvalue weighted by Gasteiger charge is -2.18.